The Morgan fingerprint density at radius 2 is 1.69 bits per heavy atom. The van der Waals surface area contributed by atoms with E-state index in [-0.39, 0.29) is 11.4 Å². The van der Waals surface area contributed by atoms with Crippen LogP contribution >= 0.6 is 0 Å². The van der Waals surface area contributed by atoms with Gasteiger partial charge in [-0.3, -0.25) is 4.79 Å². The van der Waals surface area contributed by atoms with Crippen LogP contribution in [0.15, 0.2) is 11.1 Å². The summed E-state index contributed by atoms with van der Waals surface area (Å²) in [6.45, 7) is 7.73. The molecular weight excluding hydrogens is 320 g/mol. The number of fused-ring (bicyclic) bond motifs is 3. The zero-order valence-corrected chi connectivity index (χ0v) is 16.4. The van der Waals surface area contributed by atoms with Gasteiger partial charge in [0.15, 0.2) is 0 Å². The predicted molar refractivity (Wildman–Crippen MR) is 96.7 cm³/mol. The topological polar surface area (TPSA) is 26.3 Å². The number of carbonyl (C=O) groups is 1. The van der Waals surface area contributed by atoms with Crippen molar-refractivity contribution in [3.8, 4) is 0 Å². The Kier molecular flexibility index (Phi) is 1.91. The van der Waals surface area contributed by atoms with Crippen LogP contribution in [0.1, 0.15) is 46.5 Å². The number of hydrogen-bond donors (Lipinski definition) is 0. The maximum atomic E-state index is 13.3. The molecule has 0 radical (unpaired) electrons. The molecule has 0 bridgehead atoms. The van der Waals surface area contributed by atoms with Gasteiger partial charge in [-0.25, -0.2) is 0 Å². The van der Waals surface area contributed by atoms with E-state index in [9.17, 15) is 4.79 Å². The van der Waals surface area contributed by atoms with E-state index in [0.717, 1.165) is 47.3 Å². The number of allylic oxidation sites excluding steroid dienone is 2. The molecule has 0 N–H and O–H groups in total. The van der Waals surface area contributed by atoms with Crippen LogP contribution in [0.5, 0.6) is 0 Å². The van der Waals surface area contributed by atoms with Gasteiger partial charge in [0.05, 0.1) is 12.5 Å². The molecule has 26 heavy (non-hydrogen) atoms. The SMILES string of the molecule is COC(=O)[C@]1(C)[C@@H]2[C@@H]3CCC4=C5[C@]6(C)[C@H]([C@@H]43)[C@@H]2[C@@H]2[C@@H]6[C@@H]3[C@H](CC[C@@]53C)[C@@H]21. The third-order valence-electron chi connectivity index (χ3n) is 12.4. The molecule has 8 aliphatic rings. The van der Waals surface area contributed by atoms with Crippen molar-refractivity contribution in [1.82, 2.24) is 0 Å². The smallest absolute Gasteiger partial charge is 0.312 e. The van der Waals surface area contributed by atoms with Gasteiger partial charge in [-0.1, -0.05) is 25.0 Å². The second kappa shape index (κ2) is 3.48. The van der Waals surface area contributed by atoms with Crippen LogP contribution in [-0.4, -0.2) is 13.1 Å². The van der Waals surface area contributed by atoms with E-state index in [1.165, 1.54) is 25.7 Å². The van der Waals surface area contributed by atoms with Crippen molar-refractivity contribution in [3.05, 3.63) is 11.1 Å². The van der Waals surface area contributed by atoms with Crippen LogP contribution < -0.4 is 0 Å². The largest absolute Gasteiger partial charge is 0.469 e. The molecule has 0 unspecified atom stereocenters. The molecule has 7 saturated carbocycles. The minimum atomic E-state index is -0.198. The molecule has 13 atom stereocenters. The third-order valence-corrected chi connectivity index (χ3v) is 12.4. The first-order chi connectivity index (χ1) is 12.4. The fourth-order valence-corrected chi connectivity index (χ4v) is 13.0. The quantitative estimate of drug-likeness (QED) is 0.520. The van der Waals surface area contributed by atoms with Crippen molar-refractivity contribution in [2.75, 3.05) is 7.11 Å². The van der Waals surface area contributed by atoms with Gasteiger partial charge < -0.3 is 4.74 Å². The van der Waals surface area contributed by atoms with Crippen LogP contribution in [0.4, 0.5) is 0 Å². The van der Waals surface area contributed by atoms with Crippen molar-refractivity contribution in [3.63, 3.8) is 0 Å². The van der Waals surface area contributed by atoms with Crippen molar-refractivity contribution in [2.24, 2.45) is 75.4 Å². The Morgan fingerprint density at radius 3 is 2.46 bits per heavy atom. The first kappa shape index (κ1) is 14.2. The van der Waals surface area contributed by atoms with E-state index in [4.69, 9.17) is 4.74 Å². The minimum absolute atomic E-state index is 0.148. The van der Waals surface area contributed by atoms with Crippen molar-refractivity contribution >= 4 is 5.97 Å². The highest BCUT2D eigenvalue weighted by Gasteiger charge is 2.90. The predicted octanol–water partition coefficient (Wildman–Crippen LogP) is 4.31. The third kappa shape index (κ3) is 0.909. The van der Waals surface area contributed by atoms with Gasteiger partial charge in [0, 0.05) is 0 Å². The molecular formula is C24H30O2. The summed E-state index contributed by atoms with van der Waals surface area (Å²) < 4.78 is 5.54. The van der Waals surface area contributed by atoms with Gasteiger partial charge in [-0.2, -0.15) is 0 Å². The average Bonchev–Trinajstić information content (AvgIpc) is 3.36. The Bertz CT molecular complexity index is 856. The molecule has 0 aromatic heterocycles. The first-order valence-corrected chi connectivity index (χ1v) is 11.2. The number of rotatable bonds is 1. The highest BCUT2D eigenvalue weighted by atomic mass is 16.5. The van der Waals surface area contributed by atoms with E-state index in [1.807, 2.05) is 11.1 Å². The average molecular weight is 351 g/mol. The van der Waals surface area contributed by atoms with Gasteiger partial charge in [-0.05, 0) is 103 Å². The molecule has 0 saturated heterocycles. The summed E-state index contributed by atoms with van der Waals surface area (Å²) in [6.07, 6.45) is 5.48. The van der Waals surface area contributed by atoms with Crippen molar-refractivity contribution in [2.45, 2.75) is 46.5 Å². The summed E-state index contributed by atoms with van der Waals surface area (Å²) in [5.74, 6) is 8.12. The summed E-state index contributed by atoms with van der Waals surface area (Å²) in [7, 11) is 1.65. The van der Waals surface area contributed by atoms with Crippen LogP contribution in [-0.2, 0) is 9.53 Å². The lowest BCUT2D eigenvalue weighted by Crippen LogP contribution is -2.44. The summed E-state index contributed by atoms with van der Waals surface area (Å²) in [5, 5.41) is 0. The van der Waals surface area contributed by atoms with E-state index >= 15 is 0 Å². The summed E-state index contributed by atoms with van der Waals surface area (Å²) in [6, 6.07) is 0. The first-order valence-electron chi connectivity index (χ1n) is 11.2. The molecule has 8 rings (SSSR count). The monoisotopic (exact) mass is 350 g/mol. The number of ether oxygens (including phenoxy) is 1. The van der Waals surface area contributed by atoms with Gasteiger partial charge in [-0.15, -0.1) is 0 Å². The molecule has 0 aliphatic heterocycles. The number of methoxy groups -OCH3 is 1. The van der Waals surface area contributed by atoms with E-state index < -0.39 is 0 Å². The molecule has 138 valence electrons. The van der Waals surface area contributed by atoms with Crippen LogP contribution in [0, 0.1) is 75.4 Å². The second-order valence-corrected chi connectivity index (χ2v) is 12.1. The normalized spacial score (nSPS) is 71.7. The second-order valence-electron chi connectivity index (χ2n) is 12.1. The molecule has 2 heteroatoms. The molecule has 8 aliphatic carbocycles. The Labute approximate surface area is 156 Å². The molecule has 0 aromatic rings. The van der Waals surface area contributed by atoms with E-state index in [2.05, 4.69) is 20.8 Å². The zero-order valence-electron chi connectivity index (χ0n) is 16.4. The van der Waals surface area contributed by atoms with Crippen LogP contribution in [0.3, 0.4) is 0 Å². The Morgan fingerprint density at radius 1 is 0.962 bits per heavy atom. The molecule has 0 heterocycles. The number of esters is 1. The lowest BCUT2D eigenvalue weighted by Gasteiger charge is -2.40. The molecule has 0 aromatic carbocycles. The standard InChI is InChI=1S/C24H30O2/c1-22-8-7-11-16-14-13-15(24(16,3)21(25)26-4)9-5-6-10-12(9)18(13)23(2,20(10)22)19(14)17(11)22/h9,11-19H,5-8H2,1-4H3/t9-,11-,12-,13-,14+,15-,16+,17+,18-,19-,22-,23-,24-/m1/s1. The van der Waals surface area contributed by atoms with E-state index in [1.54, 1.807) is 7.11 Å². The van der Waals surface area contributed by atoms with Crippen molar-refractivity contribution in [1.29, 1.82) is 0 Å². The van der Waals surface area contributed by atoms with Crippen LogP contribution in [0.2, 0.25) is 0 Å². The lowest BCUT2D eigenvalue weighted by atomic mass is 9.63. The fraction of sp³-hybridized carbons (Fsp3) is 0.875. The molecule has 0 spiro atoms. The molecule has 7 fully saturated rings. The summed E-state index contributed by atoms with van der Waals surface area (Å²) in [4.78, 5) is 13.3. The fourth-order valence-electron chi connectivity index (χ4n) is 13.0. The summed E-state index contributed by atoms with van der Waals surface area (Å²) >= 11 is 0. The highest BCUT2D eigenvalue weighted by molar-refractivity contribution is 5.79. The Balaban J connectivity index is 1.52. The van der Waals surface area contributed by atoms with Gasteiger partial charge in [0.2, 0.25) is 0 Å². The van der Waals surface area contributed by atoms with Crippen molar-refractivity contribution < 1.29 is 9.53 Å². The molecule has 2 nitrogen and oxygen atoms in total. The summed E-state index contributed by atoms with van der Waals surface area (Å²) in [5.41, 5.74) is 4.71. The highest BCUT2D eigenvalue weighted by Crippen LogP contribution is 2.94. The number of carbonyl (C=O) groups excluding carboxylic acids is 1. The maximum absolute atomic E-state index is 13.3. The minimum Gasteiger partial charge on any atom is -0.469 e. The molecule has 0 amide bonds. The van der Waals surface area contributed by atoms with Gasteiger partial charge in [0.1, 0.15) is 0 Å². The van der Waals surface area contributed by atoms with Gasteiger partial charge in [0.25, 0.3) is 0 Å². The van der Waals surface area contributed by atoms with Gasteiger partial charge >= 0.3 is 5.97 Å². The number of hydrogen-bond acceptors (Lipinski definition) is 2. The Hall–Kier alpha value is -0.790. The van der Waals surface area contributed by atoms with Crippen LogP contribution in [0.25, 0.3) is 0 Å². The van der Waals surface area contributed by atoms with E-state index in [0.29, 0.717) is 22.7 Å². The lowest BCUT2D eigenvalue weighted by molar-refractivity contribution is -0.160. The maximum Gasteiger partial charge on any atom is 0.312 e. The zero-order chi connectivity index (χ0) is 17.5.